The first kappa shape index (κ1) is 6.96. The highest BCUT2D eigenvalue weighted by Crippen LogP contribution is 2.35. The Labute approximate surface area is 69.0 Å². The van der Waals surface area contributed by atoms with E-state index in [1.165, 1.54) is 24.8 Å². The van der Waals surface area contributed by atoms with Crippen molar-refractivity contribution in [2.75, 3.05) is 0 Å². The fourth-order valence-electron chi connectivity index (χ4n) is 1.51. The van der Waals surface area contributed by atoms with Gasteiger partial charge in [-0.2, -0.15) is 0 Å². The lowest BCUT2D eigenvalue weighted by molar-refractivity contribution is 0.420. The molecule has 0 aliphatic heterocycles. The first-order valence-corrected chi connectivity index (χ1v) is 4.22. The van der Waals surface area contributed by atoms with Crippen molar-refractivity contribution in [2.24, 2.45) is 0 Å². The van der Waals surface area contributed by atoms with Gasteiger partial charge in [-0.3, -0.25) is 0 Å². The Hall–Kier alpha value is -0.715. The molecular formula is C10H11B. The maximum Gasteiger partial charge on any atom is 0.113 e. The van der Waals surface area contributed by atoms with Crippen molar-refractivity contribution in [2.45, 2.75) is 25.2 Å². The van der Waals surface area contributed by atoms with E-state index in [4.69, 9.17) is 7.85 Å². The second kappa shape index (κ2) is 2.73. The highest BCUT2D eigenvalue weighted by Gasteiger charge is 2.18. The monoisotopic (exact) mass is 142 g/mol. The van der Waals surface area contributed by atoms with E-state index in [2.05, 4.69) is 12.1 Å². The van der Waals surface area contributed by atoms with E-state index in [1.807, 2.05) is 12.1 Å². The summed E-state index contributed by atoms with van der Waals surface area (Å²) in [6.07, 6.45) is 4.13. The average molecular weight is 142 g/mol. The van der Waals surface area contributed by atoms with Crippen molar-refractivity contribution in [3.05, 3.63) is 29.8 Å². The third-order valence-electron chi connectivity index (χ3n) is 2.51. The van der Waals surface area contributed by atoms with Gasteiger partial charge < -0.3 is 0 Å². The zero-order chi connectivity index (χ0) is 7.68. The lowest BCUT2D eigenvalue weighted by Crippen LogP contribution is -2.10. The van der Waals surface area contributed by atoms with E-state index in [0.29, 0.717) is 0 Å². The molecule has 1 aliphatic carbocycles. The minimum atomic E-state index is 0.829. The van der Waals surface area contributed by atoms with Crippen LogP contribution in [-0.2, 0) is 0 Å². The van der Waals surface area contributed by atoms with Gasteiger partial charge in [0.1, 0.15) is 7.85 Å². The van der Waals surface area contributed by atoms with Gasteiger partial charge in [-0.05, 0) is 24.3 Å². The van der Waals surface area contributed by atoms with E-state index in [0.717, 1.165) is 11.4 Å². The Balaban J connectivity index is 2.18. The number of hydrogen-bond donors (Lipinski definition) is 0. The van der Waals surface area contributed by atoms with Crippen LogP contribution < -0.4 is 5.46 Å². The predicted octanol–water partition coefficient (Wildman–Crippen LogP) is 1.75. The molecule has 0 nitrogen and oxygen atoms in total. The van der Waals surface area contributed by atoms with Gasteiger partial charge in [0.2, 0.25) is 0 Å². The summed E-state index contributed by atoms with van der Waals surface area (Å²) in [4.78, 5) is 0. The summed E-state index contributed by atoms with van der Waals surface area (Å²) in [5.74, 6) is 0.829. The van der Waals surface area contributed by atoms with Crippen LogP contribution in [0.3, 0.4) is 0 Å². The van der Waals surface area contributed by atoms with Crippen molar-refractivity contribution in [1.82, 2.24) is 0 Å². The van der Waals surface area contributed by atoms with Gasteiger partial charge in [0.05, 0.1) is 0 Å². The van der Waals surface area contributed by atoms with Crippen LogP contribution in [0.1, 0.15) is 30.7 Å². The van der Waals surface area contributed by atoms with E-state index in [9.17, 15) is 0 Å². The van der Waals surface area contributed by atoms with Crippen molar-refractivity contribution in [3.8, 4) is 0 Å². The standard InChI is InChI=1S/C10H11B/c11-10-6-4-9(5-7-10)8-2-1-3-8/h4-8H,1-3H2. The normalized spacial score (nSPS) is 17.8. The van der Waals surface area contributed by atoms with Gasteiger partial charge in [0, 0.05) is 0 Å². The third kappa shape index (κ3) is 1.32. The lowest BCUT2D eigenvalue weighted by atomic mass is 9.79. The molecule has 1 aromatic rings. The van der Waals surface area contributed by atoms with Crippen molar-refractivity contribution in [1.29, 1.82) is 0 Å². The van der Waals surface area contributed by atoms with E-state index in [-0.39, 0.29) is 0 Å². The topological polar surface area (TPSA) is 0 Å². The van der Waals surface area contributed by atoms with Crippen LogP contribution in [-0.4, -0.2) is 7.85 Å². The third-order valence-corrected chi connectivity index (χ3v) is 2.51. The molecule has 2 radical (unpaired) electrons. The fourth-order valence-corrected chi connectivity index (χ4v) is 1.51. The summed E-state index contributed by atoms with van der Waals surface area (Å²) in [5.41, 5.74) is 2.33. The minimum Gasteiger partial charge on any atom is -0.0967 e. The highest BCUT2D eigenvalue weighted by atomic mass is 14.2. The average Bonchev–Trinajstić information content (AvgIpc) is 1.90. The highest BCUT2D eigenvalue weighted by molar-refractivity contribution is 6.32. The maximum atomic E-state index is 5.59. The molecule has 0 amide bonds. The summed E-state index contributed by atoms with van der Waals surface area (Å²) >= 11 is 0. The molecule has 0 spiro atoms. The molecule has 1 aliphatic rings. The zero-order valence-corrected chi connectivity index (χ0v) is 6.59. The van der Waals surface area contributed by atoms with Gasteiger partial charge in [-0.15, -0.1) is 0 Å². The fraction of sp³-hybridized carbons (Fsp3) is 0.400. The van der Waals surface area contributed by atoms with Crippen molar-refractivity contribution >= 4 is 13.3 Å². The molecule has 0 unspecified atom stereocenters. The Morgan fingerprint density at radius 3 is 2.18 bits per heavy atom. The van der Waals surface area contributed by atoms with Crippen LogP contribution in [0, 0.1) is 0 Å². The number of benzene rings is 1. The lowest BCUT2D eigenvalue weighted by Gasteiger charge is -2.25. The number of hydrogen-bond acceptors (Lipinski definition) is 0. The predicted molar refractivity (Wildman–Crippen MR) is 48.4 cm³/mol. The number of rotatable bonds is 1. The summed E-state index contributed by atoms with van der Waals surface area (Å²) in [7, 11) is 5.59. The molecule has 0 aromatic heterocycles. The Kier molecular flexibility index (Phi) is 1.73. The Morgan fingerprint density at radius 1 is 1.09 bits per heavy atom. The summed E-state index contributed by atoms with van der Waals surface area (Å²) in [5, 5.41) is 0. The van der Waals surface area contributed by atoms with Gasteiger partial charge in [-0.1, -0.05) is 36.1 Å². The maximum absolute atomic E-state index is 5.59. The first-order valence-electron chi connectivity index (χ1n) is 4.22. The minimum absolute atomic E-state index is 0.829. The molecule has 0 saturated heterocycles. The molecule has 1 fully saturated rings. The molecule has 2 rings (SSSR count). The van der Waals surface area contributed by atoms with Crippen molar-refractivity contribution in [3.63, 3.8) is 0 Å². The van der Waals surface area contributed by atoms with E-state index in [1.54, 1.807) is 0 Å². The molecular weight excluding hydrogens is 131 g/mol. The van der Waals surface area contributed by atoms with Crippen LogP contribution >= 0.6 is 0 Å². The largest absolute Gasteiger partial charge is 0.113 e. The molecule has 0 N–H and O–H groups in total. The molecule has 0 bridgehead atoms. The Bertz CT molecular complexity index is 234. The van der Waals surface area contributed by atoms with Crippen molar-refractivity contribution < 1.29 is 0 Å². The summed E-state index contributed by atoms with van der Waals surface area (Å²) in [6, 6.07) is 8.29. The van der Waals surface area contributed by atoms with Crippen LogP contribution in [0.5, 0.6) is 0 Å². The SMILES string of the molecule is [B]c1ccc(C2CCC2)cc1. The molecule has 0 heterocycles. The molecule has 54 valence electrons. The molecule has 1 saturated carbocycles. The second-order valence-corrected chi connectivity index (χ2v) is 3.29. The molecule has 1 heteroatoms. The van der Waals surface area contributed by atoms with Gasteiger partial charge in [0.25, 0.3) is 0 Å². The molecule has 0 atom stereocenters. The quantitative estimate of drug-likeness (QED) is 0.524. The van der Waals surface area contributed by atoms with E-state index < -0.39 is 0 Å². The van der Waals surface area contributed by atoms with Gasteiger partial charge in [0.15, 0.2) is 0 Å². The van der Waals surface area contributed by atoms with Crippen LogP contribution in [0.4, 0.5) is 0 Å². The van der Waals surface area contributed by atoms with Gasteiger partial charge in [-0.25, -0.2) is 0 Å². The zero-order valence-electron chi connectivity index (χ0n) is 6.59. The summed E-state index contributed by atoms with van der Waals surface area (Å²) in [6.45, 7) is 0. The van der Waals surface area contributed by atoms with E-state index >= 15 is 0 Å². The first-order chi connectivity index (χ1) is 5.36. The second-order valence-electron chi connectivity index (χ2n) is 3.29. The van der Waals surface area contributed by atoms with Gasteiger partial charge >= 0.3 is 0 Å². The molecule has 1 aromatic carbocycles. The summed E-state index contributed by atoms with van der Waals surface area (Å²) < 4.78 is 0. The van der Waals surface area contributed by atoms with Crippen LogP contribution in [0.25, 0.3) is 0 Å². The van der Waals surface area contributed by atoms with Crippen LogP contribution in [0.15, 0.2) is 24.3 Å². The smallest absolute Gasteiger partial charge is 0.0967 e. The Morgan fingerprint density at radius 2 is 1.73 bits per heavy atom. The molecule has 11 heavy (non-hydrogen) atoms. The van der Waals surface area contributed by atoms with Crippen LogP contribution in [0.2, 0.25) is 0 Å².